The van der Waals surface area contributed by atoms with E-state index in [1.54, 1.807) is 6.07 Å². The lowest BCUT2D eigenvalue weighted by Crippen LogP contribution is -2.25. The van der Waals surface area contributed by atoms with Gasteiger partial charge in [0.15, 0.2) is 0 Å². The number of nitrogens with one attached hydrogen (secondary N) is 1. The molecular weight excluding hydrogens is 226 g/mol. The Bertz CT molecular complexity index is 576. The van der Waals surface area contributed by atoms with Crippen molar-refractivity contribution in [1.82, 2.24) is 9.88 Å². The molecule has 2 atom stereocenters. The molecule has 2 unspecified atom stereocenters. The maximum atomic E-state index is 9.55. The summed E-state index contributed by atoms with van der Waals surface area (Å²) in [6.45, 7) is 1.74. The van der Waals surface area contributed by atoms with E-state index in [2.05, 4.69) is 23.0 Å². The summed E-state index contributed by atoms with van der Waals surface area (Å²) in [6, 6.07) is 7.98. The molecule has 0 aliphatic carbocycles. The topological polar surface area (TPSA) is 63.2 Å². The highest BCUT2D eigenvalue weighted by Crippen LogP contribution is 2.33. The quantitative estimate of drug-likeness (QED) is 0.751. The van der Waals surface area contributed by atoms with Gasteiger partial charge >= 0.3 is 0 Å². The second kappa shape index (κ2) is 4.30. The summed E-state index contributed by atoms with van der Waals surface area (Å²) in [5, 5.41) is 14.2. The number of phenolic OH excluding ortho intramolecular Hbond substituents is 1. The number of phenols is 1. The molecule has 0 radical (unpaired) electrons. The van der Waals surface area contributed by atoms with Crippen LogP contribution in [0.2, 0.25) is 0 Å². The highest BCUT2D eigenvalue weighted by molar-refractivity contribution is 5.82. The highest BCUT2D eigenvalue weighted by atomic mass is 16.3. The number of rotatable bonds is 2. The lowest BCUT2D eigenvalue weighted by molar-refractivity contribution is 0.455. The van der Waals surface area contributed by atoms with Crippen LogP contribution >= 0.6 is 0 Å². The van der Waals surface area contributed by atoms with Gasteiger partial charge < -0.3 is 20.7 Å². The number of nitrogens with zero attached hydrogens (tertiary/aromatic N) is 1. The summed E-state index contributed by atoms with van der Waals surface area (Å²) >= 11 is 0. The maximum Gasteiger partial charge on any atom is 0.116 e. The fourth-order valence-electron chi connectivity index (χ4n) is 3.01. The molecule has 0 bridgehead atoms. The zero-order valence-electron chi connectivity index (χ0n) is 10.6. The van der Waals surface area contributed by atoms with Crippen molar-refractivity contribution < 1.29 is 5.11 Å². The Morgan fingerprint density at radius 2 is 2.28 bits per heavy atom. The predicted octanol–water partition coefficient (Wildman–Crippen LogP) is 1.49. The molecule has 4 N–H and O–H groups in total. The van der Waals surface area contributed by atoms with Crippen LogP contribution in [0.1, 0.15) is 18.2 Å². The third-order valence-electron chi connectivity index (χ3n) is 4.04. The summed E-state index contributed by atoms with van der Waals surface area (Å²) in [4.78, 5) is 0. The second-order valence-corrected chi connectivity index (χ2v) is 5.09. The first-order valence-corrected chi connectivity index (χ1v) is 6.42. The van der Waals surface area contributed by atoms with Gasteiger partial charge in [-0.15, -0.1) is 0 Å². The van der Waals surface area contributed by atoms with E-state index in [-0.39, 0.29) is 0 Å². The first-order valence-electron chi connectivity index (χ1n) is 6.42. The van der Waals surface area contributed by atoms with E-state index in [0.717, 1.165) is 23.9 Å². The minimum absolute atomic E-state index is 0.314. The molecule has 1 saturated heterocycles. The Morgan fingerprint density at radius 1 is 1.44 bits per heavy atom. The largest absolute Gasteiger partial charge is 0.508 e. The van der Waals surface area contributed by atoms with Gasteiger partial charge in [-0.1, -0.05) is 0 Å². The molecule has 2 heterocycles. The van der Waals surface area contributed by atoms with Gasteiger partial charge in [0, 0.05) is 23.6 Å². The molecule has 4 heteroatoms. The maximum absolute atomic E-state index is 9.55. The average Bonchev–Trinajstić information content (AvgIpc) is 2.93. The highest BCUT2D eigenvalue weighted by Gasteiger charge is 2.29. The molecule has 4 nitrogen and oxygen atoms in total. The summed E-state index contributed by atoms with van der Waals surface area (Å²) in [5.41, 5.74) is 8.24. The number of aromatic nitrogens is 1. The molecule has 1 aliphatic rings. The lowest BCUT2D eigenvalue weighted by Gasteiger charge is -2.19. The normalized spacial score (nSPS) is 23.9. The summed E-state index contributed by atoms with van der Waals surface area (Å²) in [7, 11) is 2.07. The summed E-state index contributed by atoms with van der Waals surface area (Å²) in [5.74, 6) is 0.816. The third kappa shape index (κ3) is 1.69. The van der Waals surface area contributed by atoms with Crippen LogP contribution in [0, 0.1) is 5.92 Å². The van der Waals surface area contributed by atoms with Crippen molar-refractivity contribution in [2.75, 3.05) is 13.1 Å². The number of nitrogens with two attached hydrogens (primary N) is 1. The van der Waals surface area contributed by atoms with Crippen molar-refractivity contribution >= 4 is 10.9 Å². The van der Waals surface area contributed by atoms with Gasteiger partial charge in [0.05, 0.1) is 6.04 Å². The monoisotopic (exact) mass is 245 g/mol. The van der Waals surface area contributed by atoms with Crippen LogP contribution in [-0.2, 0) is 7.05 Å². The lowest BCUT2D eigenvalue weighted by atomic mass is 9.98. The molecule has 96 valence electrons. The van der Waals surface area contributed by atoms with Crippen LogP contribution in [0.4, 0.5) is 0 Å². The molecular formula is C14H19N3O. The van der Waals surface area contributed by atoms with Gasteiger partial charge in [-0.25, -0.2) is 0 Å². The van der Waals surface area contributed by atoms with Gasteiger partial charge in [-0.2, -0.15) is 0 Å². The van der Waals surface area contributed by atoms with Gasteiger partial charge in [0.25, 0.3) is 0 Å². The van der Waals surface area contributed by atoms with Crippen molar-refractivity contribution in [3.63, 3.8) is 0 Å². The van der Waals surface area contributed by atoms with E-state index in [9.17, 15) is 5.11 Å². The number of aryl methyl sites for hydroxylation is 1. The zero-order valence-corrected chi connectivity index (χ0v) is 10.6. The van der Waals surface area contributed by atoms with Crippen LogP contribution < -0.4 is 11.1 Å². The first kappa shape index (κ1) is 11.6. The number of hydrogen-bond acceptors (Lipinski definition) is 3. The van der Waals surface area contributed by atoms with Crippen LogP contribution in [-0.4, -0.2) is 22.8 Å². The Hall–Kier alpha value is -1.52. The molecule has 1 aliphatic heterocycles. The standard InChI is InChI=1S/C14H19N3O/c1-17-12-3-2-11(18)6-10(12)7-13(17)14-9(8-15)4-5-16-14/h2-3,6-7,9,14,16,18H,4-5,8,15H2,1H3. The molecule has 0 amide bonds. The Kier molecular flexibility index (Phi) is 2.76. The molecule has 18 heavy (non-hydrogen) atoms. The van der Waals surface area contributed by atoms with Crippen molar-refractivity contribution in [3.8, 4) is 5.75 Å². The molecule has 1 aromatic heterocycles. The first-order chi connectivity index (χ1) is 8.70. The second-order valence-electron chi connectivity index (χ2n) is 5.09. The third-order valence-corrected chi connectivity index (χ3v) is 4.04. The Labute approximate surface area is 106 Å². The van der Waals surface area contributed by atoms with Gasteiger partial charge in [-0.05, 0) is 49.7 Å². The predicted molar refractivity (Wildman–Crippen MR) is 72.5 cm³/mol. The molecule has 3 rings (SSSR count). The molecule has 1 fully saturated rings. The van der Waals surface area contributed by atoms with Gasteiger partial charge in [-0.3, -0.25) is 0 Å². The van der Waals surface area contributed by atoms with Crippen molar-refractivity contribution in [2.24, 2.45) is 18.7 Å². The van der Waals surface area contributed by atoms with Crippen molar-refractivity contribution in [3.05, 3.63) is 30.0 Å². The zero-order chi connectivity index (χ0) is 12.7. The fourth-order valence-corrected chi connectivity index (χ4v) is 3.01. The van der Waals surface area contributed by atoms with Crippen LogP contribution in [0.25, 0.3) is 10.9 Å². The molecule has 2 aromatic rings. The smallest absolute Gasteiger partial charge is 0.116 e. The molecule has 0 spiro atoms. The Balaban J connectivity index is 2.09. The van der Waals surface area contributed by atoms with E-state index in [4.69, 9.17) is 5.73 Å². The minimum Gasteiger partial charge on any atom is -0.508 e. The van der Waals surface area contributed by atoms with Crippen LogP contribution in [0.5, 0.6) is 5.75 Å². The molecule has 0 saturated carbocycles. The SMILES string of the molecule is Cn1c(C2NCCC2CN)cc2cc(O)ccc21. The van der Waals surface area contributed by atoms with Crippen molar-refractivity contribution in [1.29, 1.82) is 0 Å². The Morgan fingerprint density at radius 3 is 3.06 bits per heavy atom. The van der Waals surface area contributed by atoms with E-state index in [0.29, 0.717) is 24.3 Å². The van der Waals surface area contributed by atoms with E-state index >= 15 is 0 Å². The van der Waals surface area contributed by atoms with Crippen LogP contribution in [0.3, 0.4) is 0 Å². The number of hydrogen-bond donors (Lipinski definition) is 3. The van der Waals surface area contributed by atoms with E-state index in [1.165, 1.54) is 5.69 Å². The summed E-state index contributed by atoms with van der Waals surface area (Å²) < 4.78 is 2.19. The van der Waals surface area contributed by atoms with Gasteiger partial charge in [0.1, 0.15) is 5.75 Å². The fraction of sp³-hybridized carbons (Fsp3) is 0.429. The van der Waals surface area contributed by atoms with E-state index in [1.807, 2.05) is 12.1 Å². The van der Waals surface area contributed by atoms with E-state index < -0.39 is 0 Å². The van der Waals surface area contributed by atoms with Crippen molar-refractivity contribution in [2.45, 2.75) is 12.5 Å². The number of benzene rings is 1. The van der Waals surface area contributed by atoms with Crippen LogP contribution in [0.15, 0.2) is 24.3 Å². The number of fused-ring (bicyclic) bond motifs is 1. The number of aromatic hydroxyl groups is 1. The average molecular weight is 245 g/mol. The molecule has 1 aromatic carbocycles. The summed E-state index contributed by atoms with van der Waals surface area (Å²) in [6.07, 6.45) is 1.13. The minimum atomic E-state index is 0.314. The van der Waals surface area contributed by atoms with Gasteiger partial charge in [0.2, 0.25) is 0 Å².